The van der Waals surface area contributed by atoms with Gasteiger partial charge in [0.2, 0.25) is 0 Å². The number of aromatic nitrogens is 2. The summed E-state index contributed by atoms with van der Waals surface area (Å²) >= 11 is 0. The predicted octanol–water partition coefficient (Wildman–Crippen LogP) is 1.63. The highest BCUT2D eigenvalue weighted by Crippen LogP contribution is 2.45. The molecule has 1 aliphatic carbocycles. The molecule has 2 fully saturated rings. The SMILES string of the molecule is O=c1ccc(CCN2C[C@@H]3C[C@@](O)(Cc4ccccc4)C[C@@H]3C2)n[nH]1. The van der Waals surface area contributed by atoms with E-state index in [4.69, 9.17) is 0 Å². The van der Waals surface area contributed by atoms with E-state index in [2.05, 4.69) is 27.2 Å². The van der Waals surface area contributed by atoms with Crippen molar-refractivity contribution in [2.45, 2.75) is 31.3 Å². The van der Waals surface area contributed by atoms with Gasteiger partial charge in [-0.1, -0.05) is 30.3 Å². The molecule has 2 N–H and O–H groups in total. The van der Waals surface area contributed by atoms with Crippen molar-refractivity contribution in [3.05, 3.63) is 64.1 Å². The summed E-state index contributed by atoms with van der Waals surface area (Å²) in [5.41, 5.74) is 1.46. The third-order valence-corrected chi connectivity index (χ3v) is 5.73. The normalized spacial score (nSPS) is 29.0. The maximum atomic E-state index is 11.1. The number of aromatic amines is 1. The Hall–Kier alpha value is -1.98. The highest BCUT2D eigenvalue weighted by molar-refractivity contribution is 5.18. The van der Waals surface area contributed by atoms with Crippen LogP contribution in [0.1, 0.15) is 24.1 Å². The molecule has 2 aliphatic rings. The van der Waals surface area contributed by atoms with Crippen molar-refractivity contribution in [1.29, 1.82) is 0 Å². The van der Waals surface area contributed by atoms with Crippen LogP contribution in [0.25, 0.3) is 0 Å². The molecule has 1 aromatic carbocycles. The Morgan fingerprint density at radius 2 is 1.84 bits per heavy atom. The van der Waals surface area contributed by atoms with Crippen molar-refractivity contribution in [1.82, 2.24) is 15.1 Å². The fourth-order valence-electron chi connectivity index (χ4n) is 4.65. The summed E-state index contributed by atoms with van der Waals surface area (Å²) in [6.07, 6.45) is 3.42. The smallest absolute Gasteiger partial charge is 0.264 e. The van der Waals surface area contributed by atoms with E-state index in [1.165, 1.54) is 11.6 Å². The molecule has 0 bridgehead atoms. The first-order chi connectivity index (χ1) is 12.1. The second-order valence-electron chi connectivity index (χ2n) is 7.74. The van der Waals surface area contributed by atoms with E-state index in [1.54, 1.807) is 6.07 Å². The first kappa shape index (κ1) is 16.5. The Morgan fingerprint density at radius 3 is 2.48 bits per heavy atom. The van der Waals surface area contributed by atoms with Gasteiger partial charge in [-0.2, -0.15) is 5.10 Å². The molecule has 0 spiro atoms. The molecule has 0 amide bonds. The molecule has 1 saturated heterocycles. The third kappa shape index (κ3) is 3.83. The van der Waals surface area contributed by atoms with E-state index in [-0.39, 0.29) is 5.56 Å². The van der Waals surface area contributed by atoms with Crippen molar-refractivity contribution < 1.29 is 5.11 Å². The number of hydrogen-bond acceptors (Lipinski definition) is 4. The number of H-pyrrole nitrogens is 1. The molecule has 25 heavy (non-hydrogen) atoms. The number of nitrogens with one attached hydrogen (secondary N) is 1. The van der Waals surface area contributed by atoms with E-state index in [9.17, 15) is 9.90 Å². The molecule has 5 heteroatoms. The molecule has 2 aromatic rings. The van der Waals surface area contributed by atoms with Crippen LogP contribution in [0, 0.1) is 11.8 Å². The summed E-state index contributed by atoms with van der Waals surface area (Å²) in [5.74, 6) is 1.19. The maximum Gasteiger partial charge on any atom is 0.264 e. The van der Waals surface area contributed by atoms with Crippen LogP contribution < -0.4 is 5.56 Å². The van der Waals surface area contributed by atoms with Crippen LogP contribution in [0.3, 0.4) is 0 Å². The van der Waals surface area contributed by atoms with Gasteiger partial charge in [-0.05, 0) is 36.3 Å². The molecule has 4 rings (SSSR count). The fraction of sp³-hybridized carbons (Fsp3) is 0.500. The van der Waals surface area contributed by atoms with Gasteiger partial charge in [0.1, 0.15) is 0 Å². The summed E-state index contributed by atoms with van der Waals surface area (Å²) in [6.45, 7) is 3.08. The number of rotatable bonds is 5. The van der Waals surface area contributed by atoms with Crippen molar-refractivity contribution in [2.24, 2.45) is 11.8 Å². The van der Waals surface area contributed by atoms with Gasteiger partial charge < -0.3 is 10.0 Å². The average molecular weight is 339 g/mol. The maximum absolute atomic E-state index is 11.1. The van der Waals surface area contributed by atoms with Crippen LogP contribution >= 0.6 is 0 Å². The standard InChI is InChI=1S/C20H25N3O2/c24-19-7-6-18(21-22-19)8-9-23-13-16-11-20(25,12-17(16)14-23)10-15-4-2-1-3-5-15/h1-7,16-17,25H,8-14H2,(H,22,24)/t16-,17+,20-. The van der Waals surface area contributed by atoms with Crippen molar-refractivity contribution in [3.63, 3.8) is 0 Å². The molecular weight excluding hydrogens is 314 g/mol. The van der Waals surface area contributed by atoms with Crippen LogP contribution in [0.2, 0.25) is 0 Å². The molecule has 0 radical (unpaired) electrons. The molecule has 0 unspecified atom stereocenters. The zero-order valence-electron chi connectivity index (χ0n) is 14.4. The van der Waals surface area contributed by atoms with E-state index >= 15 is 0 Å². The van der Waals surface area contributed by atoms with E-state index in [0.717, 1.165) is 51.0 Å². The number of hydrogen-bond donors (Lipinski definition) is 2. The van der Waals surface area contributed by atoms with Gasteiger partial charge in [-0.3, -0.25) is 4.79 Å². The molecular formula is C20H25N3O2. The van der Waals surface area contributed by atoms with Crippen LogP contribution in [-0.2, 0) is 12.8 Å². The Balaban J connectivity index is 1.30. The Kier molecular flexibility index (Phi) is 4.44. The number of likely N-dealkylation sites (tertiary alicyclic amines) is 1. The minimum absolute atomic E-state index is 0.155. The lowest BCUT2D eigenvalue weighted by Gasteiger charge is -2.26. The van der Waals surface area contributed by atoms with Gasteiger partial charge in [-0.25, -0.2) is 5.10 Å². The predicted molar refractivity (Wildman–Crippen MR) is 96.3 cm³/mol. The minimum atomic E-state index is -0.538. The topological polar surface area (TPSA) is 69.2 Å². The van der Waals surface area contributed by atoms with Crippen molar-refractivity contribution >= 4 is 0 Å². The Labute approximate surface area is 147 Å². The van der Waals surface area contributed by atoms with E-state index in [1.807, 2.05) is 18.2 Å². The van der Waals surface area contributed by atoms with Crippen LogP contribution in [0.4, 0.5) is 0 Å². The Morgan fingerprint density at radius 1 is 1.12 bits per heavy atom. The molecule has 132 valence electrons. The minimum Gasteiger partial charge on any atom is -0.390 e. The van der Waals surface area contributed by atoms with E-state index in [0.29, 0.717) is 11.8 Å². The van der Waals surface area contributed by atoms with Crippen molar-refractivity contribution in [2.75, 3.05) is 19.6 Å². The molecule has 2 heterocycles. The van der Waals surface area contributed by atoms with Crippen LogP contribution in [0.15, 0.2) is 47.3 Å². The zero-order valence-corrected chi connectivity index (χ0v) is 14.4. The fourth-order valence-corrected chi connectivity index (χ4v) is 4.65. The van der Waals surface area contributed by atoms with Crippen LogP contribution in [0.5, 0.6) is 0 Å². The second kappa shape index (κ2) is 6.73. The largest absolute Gasteiger partial charge is 0.390 e. The number of benzene rings is 1. The van der Waals surface area contributed by atoms with Gasteiger partial charge in [0.25, 0.3) is 5.56 Å². The van der Waals surface area contributed by atoms with Gasteiger partial charge in [0, 0.05) is 38.5 Å². The lowest BCUT2D eigenvalue weighted by atomic mass is 9.91. The first-order valence-electron chi connectivity index (χ1n) is 9.13. The summed E-state index contributed by atoms with van der Waals surface area (Å²) in [5, 5.41) is 17.6. The summed E-state index contributed by atoms with van der Waals surface area (Å²) in [6, 6.07) is 13.7. The highest BCUT2D eigenvalue weighted by atomic mass is 16.3. The number of nitrogens with zero attached hydrogens (tertiary/aromatic N) is 2. The lowest BCUT2D eigenvalue weighted by molar-refractivity contribution is 0.0355. The highest BCUT2D eigenvalue weighted by Gasteiger charge is 2.47. The zero-order chi connectivity index (χ0) is 17.3. The number of fused-ring (bicyclic) bond motifs is 1. The van der Waals surface area contributed by atoms with Crippen molar-refractivity contribution in [3.8, 4) is 0 Å². The summed E-state index contributed by atoms with van der Waals surface area (Å²) in [7, 11) is 0. The quantitative estimate of drug-likeness (QED) is 0.869. The number of aliphatic hydroxyl groups is 1. The molecule has 1 saturated carbocycles. The van der Waals surface area contributed by atoms with Gasteiger partial charge in [0.05, 0.1) is 11.3 Å². The average Bonchev–Trinajstić information content (AvgIpc) is 3.09. The first-order valence-corrected chi connectivity index (χ1v) is 9.13. The lowest BCUT2D eigenvalue weighted by Crippen LogP contribution is -2.32. The van der Waals surface area contributed by atoms with Crippen LogP contribution in [-0.4, -0.2) is 45.4 Å². The van der Waals surface area contributed by atoms with Gasteiger partial charge in [-0.15, -0.1) is 0 Å². The van der Waals surface area contributed by atoms with E-state index < -0.39 is 5.60 Å². The molecule has 1 aromatic heterocycles. The monoisotopic (exact) mass is 339 g/mol. The molecule has 3 atom stereocenters. The third-order valence-electron chi connectivity index (χ3n) is 5.73. The van der Waals surface area contributed by atoms with Gasteiger partial charge in [0.15, 0.2) is 0 Å². The summed E-state index contributed by atoms with van der Waals surface area (Å²) < 4.78 is 0. The van der Waals surface area contributed by atoms with Gasteiger partial charge >= 0.3 is 0 Å². The molecule has 5 nitrogen and oxygen atoms in total. The summed E-state index contributed by atoms with van der Waals surface area (Å²) in [4.78, 5) is 13.5. The molecule has 1 aliphatic heterocycles. The Bertz CT molecular complexity index is 740. The second-order valence-corrected chi connectivity index (χ2v) is 7.74.